The quantitative estimate of drug-likeness (QED) is 0.351. The molecule has 6 nitrogen and oxygen atoms in total. The number of carbonyl (C=O) groups is 2. The van der Waals surface area contributed by atoms with Crippen molar-refractivity contribution in [3.05, 3.63) is 114 Å². The molecule has 4 aromatic rings. The molecule has 2 heterocycles. The van der Waals surface area contributed by atoms with Crippen LogP contribution in [-0.4, -0.2) is 34.0 Å². The molecule has 0 bridgehead atoms. The molecule has 1 N–H and O–H groups in total. The molecule has 1 aliphatic carbocycles. The fourth-order valence-corrected chi connectivity index (χ4v) is 5.33. The Morgan fingerprint density at radius 2 is 1.57 bits per heavy atom. The van der Waals surface area contributed by atoms with Crippen LogP contribution in [0.2, 0.25) is 0 Å². The van der Waals surface area contributed by atoms with Crippen molar-refractivity contribution in [1.29, 1.82) is 0 Å². The van der Waals surface area contributed by atoms with Gasteiger partial charge in [0, 0.05) is 17.9 Å². The molecule has 0 radical (unpaired) electrons. The first kappa shape index (κ1) is 23.1. The zero-order valence-corrected chi connectivity index (χ0v) is 20.9. The number of urea groups is 1. The average Bonchev–Trinajstić information content (AvgIpc) is 3.66. The second kappa shape index (κ2) is 9.62. The normalized spacial score (nSPS) is 16.0. The zero-order valence-electron chi connectivity index (χ0n) is 20.9. The molecule has 186 valence electrons. The lowest BCUT2D eigenvalue weighted by Crippen LogP contribution is -2.48. The second-order valence-electron chi connectivity index (χ2n) is 9.67. The van der Waals surface area contributed by atoms with Crippen LogP contribution in [0, 0.1) is 0 Å². The van der Waals surface area contributed by atoms with Crippen molar-refractivity contribution in [3.63, 3.8) is 0 Å². The fourth-order valence-electron chi connectivity index (χ4n) is 5.33. The summed E-state index contributed by atoms with van der Waals surface area (Å²) in [6.07, 6.45) is 4.69. The van der Waals surface area contributed by atoms with Gasteiger partial charge in [-0.05, 0) is 60.7 Å². The highest BCUT2D eigenvalue weighted by molar-refractivity contribution is 6.01. The Morgan fingerprint density at radius 1 is 0.865 bits per heavy atom. The number of para-hydroxylation sites is 3. The summed E-state index contributed by atoms with van der Waals surface area (Å²) in [6, 6.07) is 29.6. The average molecular weight is 491 g/mol. The SMILES string of the molecule is CCc1ccccc1NC(=O)N(CC(=O)N1c2ccccc2-n2cccc2C1c1ccccc1)C1CC1. The van der Waals surface area contributed by atoms with Gasteiger partial charge in [-0.25, -0.2) is 4.79 Å². The third-order valence-corrected chi connectivity index (χ3v) is 7.30. The molecule has 1 saturated carbocycles. The molecule has 1 fully saturated rings. The lowest BCUT2D eigenvalue weighted by molar-refractivity contribution is -0.119. The zero-order chi connectivity index (χ0) is 25.4. The summed E-state index contributed by atoms with van der Waals surface area (Å²) < 4.78 is 2.16. The smallest absolute Gasteiger partial charge is 0.316 e. The number of rotatable bonds is 6. The Labute approximate surface area is 217 Å². The number of nitrogens with zero attached hydrogens (tertiary/aromatic N) is 3. The Morgan fingerprint density at radius 3 is 2.32 bits per heavy atom. The first-order valence-electron chi connectivity index (χ1n) is 12.9. The van der Waals surface area contributed by atoms with Crippen molar-refractivity contribution in [2.24, 2.45) is 0 Å². The van der Waals surface area contributed by atoms with E-state index < -0.39 is 0 Å². The summed E-state index contributed by atoms with van der Waals surface area (Å²) in [7, 11) is 0. The molecule has 0 saturated heterocycles. The first-order valence-corrected chi connectivity index (χ1v) is 12.9. The summed E-state index contributed by atoms with van der Waals surface area (Å²) in [4.78, 5) is 31.3. The first-order chi connectivity index (χ1) is 18.2. The summed E-state index contributed by atoms with van der Waals surface area (Å²) in [5.74, 6) is -0.0976. The van der Waals surface area contributed by atoms with E-state index in [-0.39, 0.29) is 30.6 Å². The van der Waals surface area contributed by atoms with Crippen LogP contribution in [0.5, 0.6) is 0 Å². The van der Waals surface area contributed by atoms with E-state index in [2.05, 4.69) is 35.0 Å². The lowest BCUT2D eigenvalue weighted by atomic mass is 9.97. The van der Waals surface area contributed by atoms with E-state index >= 15 is 0 Å². The van der Waals surface area contributed by atoms with Gasteiger partial charge in [-0.1, -0.05) is 67.6 Å². The highest BCUT2D eigenvalue weighted by Crippen LogP contribution is 2.42. The maximum Gasteiger partial charge on any atom is 0.322 e. The standard InChI is InChI=1S/C31H30N4O2/c1-2-22-11-6-7-14-25(22)32-31(37)34(24-18-19-24)21-29(36)35-27-16-9-8-15-26(27)33-20-10-17-28(33)30(35)23-12-4-3-5-13-23/h3-17,20,24,30H,2,18-19,21H2,1H3,(H,32,37). The van der Waals surface area contributed by atoms with Gasteiger partial charge >= 0.3 is 6.03 Å². The van der Waals surface area contributed by atoms with Gasteiger partial charge in [0.15, 0.2) is 0 Å². The van der Waals surface area contributed by atoms with Crippen LogP contribution in [0.25, 0.3) is 5.69 Å². The molecule has 0 spiro atoms. The van der Waals surface area contributed by atoms with Crippen molar-refractivity contribution < 1.29 is 9.59 Å². The number of aromatic nitrogens is 1. The molecule has 3 aromatic carbocycles. The third kappa shape index (κ3) is 4.29. The van der Waals surface area contributed by atoms with E-state index in [1.54, 1.807) is 4.90 Å². The molecular weight excluding hydrogens is 460 g/mol. The molecule has 1 aromatic heterocycles. The van der Waals surface area contributed by atoms with Crippen LogP contribution >= 0.6 is 0 Å². The Bertz CT molecular complexity index is 1440. The van der Waals surface area contributed by atoms with Crippen LogP contribution in [-0.2, 0) is 11.2 Å². The summed E-state index contributed by atoms with van der Waals surface area (Å²) in [5.41, 5.74) is 5.74. The minimum absolute atomic E-state index is 0.0170. The number of hydrogen-bond donors (Lipinski definition) is 1. The topological polar surface area (TPSA) is 57.6 Å². The van der Waals surface area contributed by atoms with Crippen LogP contribution in [0.4, 0.5) is 16.2 Å². The minimum Gasteiger partial charge on any atom is -0.316 e. The van der Waals surface area contributed by atoms with Crippen molar-refractivity contribution in [1.82, 2.24) is 9.47 Å². The number of anilines is 2. The fraction of sp³-hybridized carbons (Fsp3) is 0.226. The van der Waals surface area contributed by atoms with Gasteiger partial charge in [0.2, 0.25) is 5.91 Å². The maximum absolute atomic E-state index is 14.2. The van der Waals surface area contributed by atoms with E-state index in [9.17, 15) is 9.59 Å². The van der Waals surface area contributed by atoms with E-state index in [1.165, 1.54) is 0 Å². The van der Waals surface area contributed by atoms with E-state index in [1.807, 2.05) is 83.9 Å². The molecule has 6 rings (SSSR count). The van der Waals surface area contributed by atoms with E-state index in [0.717, 1.165) is 53.1 Å². The number of amides is 3. The second-order valence-corrected chi connectivity index (χ2v) is 9.67. The lowest BCUT2D eigenvalue weighted by Gasteiger charge is -2.39. The Kier molecular flexibility index (Phi) is 6.01. The van der Waals surface area contributed by atoms with E-state index in [0.29, 0.717) is 0 Å². The summed E-state index contributed by atoms with van der Waals surface area (Å²) >= 11 is 0. The Balaban J connectivity index is 1.35. The number of hydrogen-bond acceptors (Lipinski definition) is 2. The van der Waals surface area contributed by atoms with Crippen molar-refractivity contribution >= 4 is 23.3 Å². The largest absolute Gasteiger partial charge is 0.322 e. The van der Waals surface area contributed by atoms with Crippen LogP contribution in [0.1, 0.15) is 42.6 Å². The molecule has 2 aliphatic rings. The molecular formula is C31H30N4O2. The van der Waals surface area contributed by atoms with Crippen LogP contribution in [0.15, 0.2) is 97.2 Å². The van der Waals surface area contributed by atoms with Gasteiger partial charge in [0.05, 0.1) is 17.1 Å². The highest BCUT2D eigenvalue weighted by atomic mass is 16.2. The summed E-state index contributed by atoms with van der Waals surface area (Å²) in [6.45, 7) is 2.09. The van der Waals surface area contributed by atoms with Gasteiger partial charge in [-0.15, -0.1) is 0 Å². The number of carbonyl (C=O) groups excluding carboxylic acids is 2. The molecule has 1 aliphatic heterocycles. The number of nitrogens with one attached hydrogen (secondary N) is 1. The predicted molar refractivity (Wildman–Crippen MR) is 146 cm³/mol. The molecule has 1 atom stereocenters. The minimum atomic E-state index is -0.288. The molecule has 1 unspecified atom stereocenters. The van der Waals surface area contributed by atoms with Crippen LogP contribution in [0.3, 0.4) is 0 Å². The monoisotopic (exact) mass is 490 g/mol. The van der Waals surface area contributed by atoms with E-state index in [4.69, 9.17) is 0 Å². The van der Waals surface area contributed by atoms with Crippen LogP contribution < -0.4 is 10.2 Å². The van der Waals surface area contributed by atoms with Gasteiger partial charge in [0.25, 0.3) is 0 Å². The van der Waals surface area contributed by atoms with Gasteiger partial charge < -0.3 is 14.8 Å². The summed E-state index contributed by atoms with van der Waals surface area (Å²) in [5, 5.41) is 3.08. The van der Waals surface area contributed by atoms with Crippen molar-refractivity contribution in [2.75, 3.05) is 16.8 Å². The third-order valence-electron chi connectivity index (χ3n) is 7.30. The van der Waals surface area contributed by atoms with Gasteiger partial charge in [-0.2, -0.15) is 0 Å². The predicted octanol–water partition coefficient (Wildman–Crippen LogP) is 6.17. The molecule has 6 heteroatoms. The van der Waals surface area contributed by atoms with Crippen molar-refractivity contribution in [3.8, 4) is 5.69 Å². The maximum atomic E-state index is 14.2. The van der Waals surface area contributed by atoms with Crippen molar-refractivity contribution in [2.45, 2.75) is 38.3 Å². The number of aryl methyl sites for hydroxylation is 1. The Hall–Kier alpha value is -4.32. The molecule has 3 amide bonds. The number of benzene rings is 3. The number of fused-ring (bicyclic) bond motifs is 3. The van der Waals surface area contributed by atoms with Gasteiger partial charge in [0.1, 0.15) is 12.6 Å². The highest BCUT2D eigenvalue weighted by Gasteiger charge is 2.40. The van der Waals surface area contributed by atoms with Gasteiger partial charge in [-0.3, -0.25) is 9.69 Å². The molecule has 37 heavy (non-hydrogen) atoms.